The van der Waals surface area contributed by atoms with E-state index in [0.717, 1.165) is 30.7 Å². The van der Waals surface area contributed by atoms with Crippen molar-refractivity contribution in [3.8, 4) is 5.75 Å². The molecule has 2 aromatic carbocycles. The number of hydrogen-bond donors (Lipinski definition) is 0. The summed E-state index contributed by atoms with van der Waals surface area (Å²) in [5.74, 6) is 0.996. The van der Waals surface area contributed by atoms with E-state index in [1.165, 1.54) is 11.1 Å². The van der Waals surface area contributed by atoms with Gasteiger partial charge in [0.1, 0.15) is 5.75 Å². The third kappa shape index (κ3) is 3.39. The Labute approximate surface area is 137 Å². The Morgan fingerprint density at radius 3 is 2.83 bits per heavy atom. The lowest BCUT2D eigenvalue weighted by molar-refractivity contribution is -0.131. The molecule has 0 N–H and O–H groups in total. The highest BCUT2D eigenvalue weighted by Crippen LogP contribution is 2.34. The van der Waals surface area contributed by atoms with E-state index in [9.17, 15) is 4.79 Å². The molecule has 120 valence electrons. The summed E-state index contributed by atoms with van der Waals surface area (Å²) < 4.78 is 5.24. The van der Waals surface area contributed by atoms with Crippen LogP contribution in [-0.2, 0) is 11.2 Å². The highest BCUT2D eigenvalue weighted by molar-refractivity contribution is 5.79. The fraction of sp³-hybridized carbons (Fsp3) is 0.350. The van der Waals surface area contributed by atoms with Crippen LogP contribution in [0.4, 0.5) is 0 Å². The first-order valence-corrected chi connectivity index (χ1v) is 8.17. The van der Waals surface area contributed by atoms with E-state index in [1.54, 1.807) is 7.11 Å². The van der Waals surface area contributed by atoms with E-state index in [-0.39, 0.29) is 11.9 Å². The van der Waals surface area contributed by atoms with Gasteiger partial charge in [-0.15, -0.1) is 0 Å². The lowest BCUT2D eigenvalue weighted by atomic mass is 9.99. The molecule has 1 fully saturated rings. The summed E-state index contributed by atoms with van der Waals surface area (Å²) in [6.45, 7) is 2.97. The number of amides is 1. The minimum atomic E-state index is 0.198. The molecule has 3 rings (SSSR count). The van der Waals surface area contributed by atoms with Crippen molar-refractivity contribution >= 4 is 5.91 Å². The fourth-order valence-electron chi connectivity index (χ4n) is 3.41. The second-order valence-electron chi connectivity index (χ2n) is 6.13. The Morgan fingerprint density at radius 2 is 2.04 bits per heavy atom. The van der Waals surface area contributed by atoms with Crippen molar-refractivity contribution in [3.63, 3.8) is 0 Å². The molecule has 0 spiro atoms. The Morgan fingerprint density at radius 1 is 1.22 bits per heavy atom. The molecule has 3 heteroatoms. The van der Waals surface area contributed by atoms with Crippen LogP contribution in [-0.4, -0.2) is 24.5 Å². The van der Waals surface area contributed by atoms with Crippen LogP contribution >= 0.6 is 0 Å². The standard InChI is InChI=1S/C20H23NO2/c1-15-7-3-4-10-18(15)19-11-6-12-21(19)20(22)14-16-8-5-9-17(13-16)23-2/h3-5,7-10,13,19H,6,11-12,14H2,1-2H3/t19-/m0/s1. The van der Waals surface area contributed by atoms with Crippen LogP contribution in [0, 0.1) is 6.92 Å². The first-order chi connectivity index (χ1) is 11.2. The molecule has 1 aliphatic heterocycles. The molecule has 1 saturated heterocycles. The molecule has 0 aromatic heterocycles. The van der Waals surface area contributed by atoms with Crippen molar-refractivity contribution in [3.05, 3.63) is 65.2 Å². The predicted octanol–water partition coefficient (Wildman–Crippen LogP) is 3.91. The quantitative estimate of drug-likeness (QED) is 0.857. The van der Waals surface area contributed by atoms with E-state index in [0.29, 0.717) is 6.42 Å². The monoisotopic (exact) mass is 309 g/mol. The average molecular weight is 309 g/mol. The maximum Gasteiger partial charge on any atom is 0.227 e. The number of rotatable bonds is 4. The van der Waals surface area contributed by atoms with Crippen LogP contribution in [0.5, 0.6) is 5.75 Å². The minimum absolute atomic E-state index is 0.198. The van der Waals surface area contributed by atoms with Crippen LogP contribution in [0.25, 0.3) is 0 Å². The van der Waals surface area contributed by atoms with Gasteiger partial charge in [-0.2, -0.15) is 0 Å². The minimum Gasteiger partial charge on any atom is -0.497 e. The Bertz CT molecular complexity index is 696. The zero-order valence-corrected chi connectivity index (χ0v) is 13.8. The Balaban J connectivity index is 1.77. The maximum absolute atomic E-state index is 12.8. The largest absolute Gasteiger partial charge is 0.497 e. The second-order valence-corrected chi connectivity index (χ2v) is 6.13. The van der Waals surface area contributed by atoms with E-state index < -0.39 is 0 Å². The van der Waals surface area contributed by atoms with Crippen molar-refractivity contribution in [1.82, 2.24) is 4.90 Å². The number of aryl methyl sites for hydroxylation is 1. The van der Waals surface area contributed by atoms with Gasteiger partial charge in [-0.1, -0.05) is 36.4 Å². The highest BCUT2D eigenvalue weighted by atomic mass is 16.5. The van der Waals surface area contributed by atoms with Crippen LogP contribution in [0.1, 0.15) is 35.6 Å². The highest BCUT2D eigenvalue weighted by Gasteiger charge is 2.30. The van der Waals surface area contributed by atoms with Gasteiger partial charge in [0.2, 0.25) is 5.91 Å². The Hall–Kier alpha value is -2.29. The van der Waals surface area contributed by atoms with E-state index in [2.05, 4.69) is 31.2 Å². The topological polar surface area (TPSA) is 29.5 Å². The summed E-state index contributed by atoms with van der Waals surface area (Å²) in [4.78, 5) is 14.8. The molecule has 3 nitrogen and oxygen atoms in total. The van der Waals surface area contributed by atoms with Gasteiger partial charge in [0.15, 0.2) is 0 Å². The molecule has 0 bridgehead atoms. The van der Waals surface area contributed by atoms with Crippen molar-refractivity contribution < 1.29 is 9.53 Å². The van der Waals surface area contributed by atoms with Gasteiger partial charge >= 0.3 is 0 Å². The molecule has 2 aromatic rings. The number of hydrogen-bond acceptors (Lipinski definition) is 2. The second kappa shape index (κ2) is 6.86. The van der Waals surface area contributed by atoms with Crippen molar-refractivity contribution in [2.75, 3.05) is 13.7 Å². The van der Waals surface area contributed by atoms with Gasteiger partial charge < -0.3 is 9.64 Å². The summed E-state index contributed by atoms with van der Waals surface area (Å²) in [5.41, 5.74) is 3.55. The van der Waals surface area contributed by atoms with Crippen LogP contribution < -0.4 is 4.74 Å². The number of likely N-dealkylation sites (tertiary alicyclic amines) is 1. The third-order valence-corrected chi connectivity index (χ3v) is 4.61. The summed E-state index contributed by atoms with van der Waals surface area (Å²) in [6, 6.07) is 16.4. The Kier molecular flexibility index (Phi) is 4.65. The number of ether oxygens (including phenoxy) is 1. The molecule has 0 unspecified atom stereocenters. The molecular formula is C20H23NO2. The molecular weight excluding hydrogens is 286 g/mol. The van der Waals surface area contributed by atoms with Crippen LogP contribution in [0.2, 0.25) is 0 Å². The SMILES string of the molecule is COc1cccc(CC(=O)N2CCC[C@H]2c2ccccc2C)c1. The molecule has 0 saturated carbocycles. The zero-order chi connectivity index (χ0) is 16.2. The molecule has 1 amide bonds. The number of nitrogens with zero attached hydrogens (tertiary/aromatic N) is 1. The lowest BCUT2D eigenvalue weighted by Crippen LogP contribution is -2.32. The normalized spacial score (nSPS) is 17.3. The molecule has 0 aliphatic carbocycles. The maximum atomic E-state index is 12.8. The van der Waals surface area contributed by atoms with Gasteiger partial charge in [0.05, 0.1) is 19.6 Å². The smallest absolute Gasteiger partial charge is 0.227 e. The van der Waals surface area contributed by atoms with Gasteiger partial charge in [0, 0.05) is 6.54 Å². The summed E-state index contributed by atoms with van der Waals surface area (Å²) >= 11 is 0. The van der Waals surface area contributed by atoms with Gasteiger partial charge in [-0.05, 0) is 48.6 Å². The van der Waals surface area contributed by atoms with Crippen LogP contribution in [0.3, 0.4) is 0 Å². The van der Waals surface area contributed by atoms with Crippen molar-refractivity contribution in [2.45, 2.75) is 32.2 Å². The molecule has 1 aliphatic rings. The number of methoxy groups -OCH3 is 1. The zero-order valence-electron chi connectivity index (χ0n) is 13.8. The average Bonchev–Trinajstić information content (AvgIpc) is 3.05. The molecule has 1 heterocycles. The third-order valence-electron chi connectivity index (χ3n) is 4.61. The first kappa shape index (κ1) is 15.6. The van der Waals surface area contributed by atoms with Crippen LogP contribution in [0.15, 0.2) is 48.5 Å². The summed E-state index contributed by atoms with van der Waals surface area (Å²) in [6.07, 6.45) is 2.55. The first-order valence-electron chi connectivity index (χ1n) is 8.17. The summed E-state index contributed by atoms with van der Waals surface area (Å²) in [7, 11) is 1.65. The van der Waals surface area contributed by atoms with Crippen molar-refractivity contribution in [1.29, 1.82) is 0 Å². The van der Waals surface area contributed by atoms with E-state index in [4.69, 9.17) is 4.74 Å². The van der Waals surface area contributed by atoms with Crippen molar-refractivity contribution in [2.24, 2.45) is 0 Å². The van der Waals surface area contributed by atoms with E-state index >= 15 is 0 Å². The molecule has 1 atom stereocenters. The molecule has 23 heavy (non-hydrogen) atoms. The van der Waals surface area contributed by atoms with Gasteiger partial charge in [0.25, 0.3) is 0 Å². The molecule has 0 radical (unpaired) electrons. The summed E-state index contributed by atoms with van der Waals surface area (Å²) in [5, 5.41) is 0. The van der Waals surface area contributed by atoms with E-state index in [1.807, 2.05) is 29.2 Å². The van der Waals surface area contributed by atoms with Gasteiger partial charge in [-0.3, -0.25) is 4.79 Å². The van der Waals surface area contributed by atoms with Gasteiger partial charge in [-0.25, -0.2) is 0 Å². The number of carbonyl (C=O) groups is 1. The fourth-order valence-corrected chi connectivity index (χ4v) is 3.41. The predicted molar refractivity (Wildman–Crippen MR) is 91.6 cm³/mol. The lowest BCUT2D eigenvalue weighted by Gasteiger charge is -2.26. The number of benzene rings is 2. The number of carbonyl (C=O) groups excluding carboxylic acids is 1.